The molecule has 2 heterocycles. The first kappa shape index (κ1) is 30.7. The molecule has 42 heavy (non-hydrogen) atoms. The van der Waals surface area contributed by atoms with E-state index in [1.54, 1.807) is 11.0 Å². The van der Waals surface area contributed by atoms with Gasteiger partial charge in [0.1, 0.15) is 5.82 Å². The number of aromatic amines is 1. The number of halogens is 6. The van der Waals surface area contributed by atoms with Crippen LogP contribution in [0.5, 0.6) is 0 Å². The summed E-state index contributed by atoms with van der Waals surface area (Å²) < 4.78 is 67.4. The zero-order valence-electron chi connectivity index (χ0n) is 21.8. The van der Waals surface area contributed by atoms with Gasteiger partial charge in [-0.3, -0.25) is 20.0 Å². The third-order valence-corrected chi connectivity index (χ3v) is 6.64. The number of aromatic nitrogens is 2. The number of H-pyrrole nitrogens is 1. The summed E-state index contributed by atoms with van der Waals surface area (Å²) in [7, 11) is 0. The minimum Gasteiger partial charge on any atom is -0.367 e. The number of hydrogen-bond donors (Lipinski definition) is 4. The number of carbonyl (C=O) groups is 2. The van der Waals surface area contributed by atoms with Crippen molar-refractivity contribution in [1.82, 2.24) is 20.2 Å². The highest BCUT2D eigenvalue weighted by molar-refractivity contribution is 6.31. The first-order valence-corrected chi connectivity index (χ1v) is 13.0. The van der Waals surface area contributed by atoms with Gasteiger partial charge < -0.3 is 15.5 Å². The number of urea groups is 1. The van der Waals surface area contributed by atoms with E-state index in [-0.39, 0.29) is 23.6 Å². The standard InChI is InChI=1S/C26H25ClF5N7O3/c27-16-2-4-18(19(13-16)39-11-9-38(10-12-39)8-6-26(30,31)32)35-23(40)17-3-1-15(21(28)22(17)29)14-34-25(42)37-20-5-7-33-24(41)36-20/h1-5,7,13H,6,8-12,14H2,(H,35,40)(H3,33,34,36,37,41,42). The SMILES string of the molecule is O=C(NCc1ccc(C(=O)Nc2ccc(Cl)cc2N2CCN(CCC(F)(F)F)CC2)c(F)c1F)Nc1ccnc(=O)[nH]1. The van der Waals surface area contributed by atoms with Gasteiger partial charge in [0.15, 0.2) is 11.6 Å². The quantitative estimate of drug-likeness (QED) is 0.280. The van der Waals surface area contributed by atoms with Crippen molar-refractivity contribution in [3.63, 3.8) is 0 Å². The molecule has 0 spiro atoms. The van der Waals surface area contributed by atoms with Crippen LogP contribution in [0, 0.1) is 11.6 Å². The van der Waals surface area contributed by atoms with Gasteiger partial charge in [-0.15, -0.1) is 0 Å². The average Bonchev–Trinajstić information content (AvgIpc) is 2.93. The van der Waals surface area contributed by atoms with Gasteiger partial charge in [0.05, 0.1) is 23.4 Å². The molecule has 0 saturated carbocycles. The van der Waals surface area contributed by atoms with Crippen molar-refractivity contribution in [2.75, 3.05) is 48.3 Å². The van der Waals surface area contributed by atoms with Crippen molar-refractivity contribution < 1.29 is 31.5 Å². The Morgan fingerprint density at radius 1 is 1.00 bits per heavy atom. The van der Waals surface area contributed by atoms with E-state index < -0.39 is 54.0 Å². The molecule has 10 nitrogen and oxygen atoms in total. The second kappa shape index (κ2) is 13.2. The Balaban J connectivity index is 1.40. The predicted octanol–water partition coefficient (Wildman–Crippen LogP) is 4.35. The minimum atomic E-state index is -4.25. The monoisotopic (exact) mass is 613 g/mol. The van der Waals surface area contributed by atoms with Crippen LogP contribution in [0.3, 0.4) is 0 Å². The molecule has 4 N–H and O–H groups in total. The zero-order chi connectivity index (χ0) is 30.4. The van der Waals surface area contributed by atoms with Gasteiger partial charge >= 0.3 is 17.9 Å². The normalized spacial score (nSPS) is 14.0. The van der Waals surface area contributed by atoms with E-state index in [4.69, 9.17) is 11.6 Å². The molecule has 0 atom stereocenters. The van der Waals surface area contributed by atoms with Crippen molar-refractivity contribution >= 4 is 40.7 Å². The fourth-order valence-corrected chi connectivity index (χ4v) is 4.41. The maximum atomic E-state index is 14.9. The molecule has 1 saturated heterocycles. The van der Waals surface area contributed by atoms with Crippen LogP contribution in [-0.4, -0.2) is 65.7 Å². The summed E-state index contributed by atoms with van der Waals surface area (Å²) in [6.07, 6.45) is -3.99. The van der Waals surface area contributed by atoms with Gasteiger partial charge in [-0.1, -0.05) is 17.7 Å². The Bertz CT molecular complexity index is 1510. The molecule has 4 rings (SSSR count). The zero-order valence-corrected chi connectivity index (χ0v) is 22.6. The number of carbonyl (C=O) groups excluding carboxylic acids is 2. The molecule has 224 valence electrons. The van der Waals surface area contributed by atoms with Gasteiger partial charge in [-0.25, -0.2) is 23.4 Å². The lowest BCUT2D eigenvalue weighted by Gasteiger charge is -2.37. The second-order valence-corrected chi connectivity index (χ2v) is 9.74. The number of alkyl halides is 3. The van der Waals surface area contributed by atoms with Crippen LogP contribution in [0.25, 0.3) is 0 Å². The van der Waals surface area contributed by atoms with Crippen LogP contribution in [0.2, 0.25) is 5.02 Å². The topological polar surface area (TPSA) is 122 Å². The molecule has 0 unspecified atom stereocenters. The van der Waals surface area contributed by atoms with Gasteiger partial charge in [-0.05, 0) is 30.3 Å². The highest BCUT2D eigenvalue weighted by Gasteiger charge is 2.29. The average molecular weight is 614 g/mol. The van der Waals surface area contributed by atoms with Gasteiger partial charge in [0.25, 0.3) is 5.91 Å². The third-order valence-electron chi connectivity index (χ3n) is 6.40. The number of hydrogen-bond acceptors (Lipinski definition) is 6. The third kappa shape index (κ3) is 8.16. The molecular formula is C26H25ClF5N7O3. The van der Waals surface area contributed by atoms with Crippen LogP contribution in [0.4, 0.5) is 43.9 Å². The van der Waals surface area contributed by atoms with E-state index in [0.717, 1.165) is 12.1 Å². The van der Waals surface area contributed by atoms with Gasteiger partial charge in [0.2, 0.25) is 0 Å². The number of rotatable bonds is 8. The molecular weight excluding hydrogens is 589 g/mol. The van der Waals surface area contributed by atoms with E-state index in [1.807, 2.05) is 4.90 Å². The lowest BCUT2D eigenvalue weighted by atomic mass is 10.1. The van der Waals surface area contributed by atoms with E-state index in [0.29, 0.717) is 36.9 Å². The molecule has 3 amide bonds. The van der Waals surface area contributed by atoms with Crippen molar-refractivity contribution in [2.45, 2.75) is 19.1 Å². The van der Waals surface area contributed by atoms with E-state index in [1.165, 1.54) is 24.4 Å². The minimum absolute atomic E-state index is 0.0380. The van der Waals surface area contributed by atoms with E-state index in [9.17, 15) is 36.3 Å². The fourth-order valence-electron chi connectivity index (χ4n) is 4.24. The molecule has 1 fully saturated rings. The largest absolute Gasteiger partial charge is 0.390 e. The molecule has 1 aliphatic rings. The molecule has 1 aliphatic heterocycles. The number of piperazine rings is 1. The van der Waals surface area contributed by atoms with E-state index >= 15 is 0 Å². The summed E-state index contributed by atoms with van der Waals surface area (Å²) in [6.45, 7) is 0.867. The number of anilines is 3. The first-order chi connectivity index (χ1) is 19.9. The highest BCUT2D eigenvalue weighted by Crippen LogP contribution is 2.31. The van der Waals surface area contributed by atoms with Crippen molar-refractivity contribution in [1.29, 1.82) is 0 Å². The number of nitrogens with one attached hydrogen (secondary N) is 4. The van der Waals surface area contributed by atoms with Crippen LogP contribution >= 0.6 is 11.6 Å². The Labute approximate surface area is 240 Å². The molecule has 0 bridgehead atoms. The lowest BCUT2D eigenvalue weighted by Crippen LogP contribution is -2.47. The van der Waals surface area contributed by atoms with Crippen LogP contribution < -0.4 is 26.5 Å². The fraction of sp³-hybridized carbons (Fsp3) is 0.308. The summed E-state index contributed by atoms with van der Waals surface area (Å²) in [5.41, 5.74) is -0.784. The van der Waals surface area contributed by atoms with Crippen LogP contribution in [0.15, 0.2) is 47.4 Å². The maximum Gasteiger partial charge on any atom is 0.390 e. The number of benzene rings is 2. The number of amides is 3. The highest BCUT2D eigenvalue weighted by atomic mass is 35.5. The van der Waals surface area contributed by atoms with Crippen molar-refractivity contribution in [2.24, 2.45) is 0 Å². The van der Waals surface area contributed by atoms with Gasteiger partial charge in [0, 0.05) is 56.1 Å². The first-order valence-electron chi connectivity index (χ1n) is 12.6. The van der Waals surface area contributed by atoms with Gasteiger partial charge in [-0.2, -0.15) is 13.2 Å². The van der Waals surface area contributed by atoms with Crippen molar-refractivity contribution in [3.8, 4) is 0 Å². The Hall–Kier alpha value is -4.24. The van der Waals surface area contributed by atoms with Crippen LogP contribution in [0.1, 0.15) is 22.3 Å². The maximum absolute atomic E-state index is 14.9. The summed E-state index contributed by atoms with van der Waals surface area (Å²) in [6, 6.07) is 7.28. The lowest BCUT2D eigenvalue weighted by molar-refractivity contribution is -0.138. The summed E-state index contributed by atoms with van der Waals surface area (Å²) in [5.74, 6) is -3.68. The molecule has 3 aromatic rings. The second-order valence-electron chi connectivity index (χ2n) is 9.31. The predicted molar refractivity (Wildman–Crippen MR) is 146 cm³/mol. The molecule has 0 radical (unpaired) electrons. The summed E-state index contributed by atoms with van der Waals surface area (Å²) >= 11 is 6.15. The Morgan fingerprint density at radius 3 is 2.43 bits per heavy atom. The molecule has 16 heteroatoms. The number of nitrogens with zero attached hydrogens (tertiary/aromatic N) is 3. The molecule has 0 aliphatic carbocycles. The van der Waals surface area contributed by atoms with Crippen molar-refractivity contribution in [3.05, 3.63) is 80.9 Å². The Kier molecular flexibility index (Phi) is 9.63. The summed E-state index contributed by atoms with van der Waals surface area (Å²) in [5, 5.41) is 7.52. The molecule has 2 aromatic carbocycles. The smallest absolute Gasteiger partial charge is 0.367 e. The molecule has 1 aromatic heterocycles. The Morgan fingerprint density at radius 2 is 1.74 bits per heavy atom. The van der Waals surface area contributed by atoms with E-state index in [2.05, 4.69) is 25.9 Å². The van der Waals surface area contributed by atoms with Crippen LogP contribution in [-0.2, 0) is 6.54 Å². The summed E-state index contributed by atoms with van der Waals surface area (Å²) in [4.78, 5) is 45.4.